The minimum absolute atomic E-state index is 0.0137. The Labute approximate surface area is 129 Å². The van der Waals surface area contributed by atoms with E-state index in [0.717, 1.165) is 29.8 Å². The van der Waals surface area contributed by atoms with Gasteiger partial charge in [-0.15, -0.1) is 0 Å². The molecule has 1 aliphatic rings. The second kappa shape index (κ2) is 6.27. The van der Waals surface area contributed by atoms with Gasteiger partial charge in [0.05, 0.1) is 11.6 Å². The lowest BCUT2D eigenvalue weighted by atomic mass is 9.91. The van der Waals surface area contributed by atoms with Crippen LogP contribution in [0, 0.1) is 12.8 Å². The topological polar surface area (TPSA) is 69.0 Å². The summed E-state index contributed by atoms with van der Waals surface area (Å²) < 4.78 is 7.64. The maximum atomic E-state index is 12.7. The molecule has 1 aliphatic heterocycles. The van der Waals surface area contributed by atoms with E-state index in [1.807, 2.05) is 26.1 Å². The maximum Gasteiger partial charge on any atom is 0.230 e. The molecule has 1 fully saturated rings. The van der Waals surface area contributed by atoms with E-state index in [2.05, 4.69) is 15.4 Å². The van der Waals surface area contributed by atoms with Gasteiger partial charge in [0.15, 0.2) is 0 Å². The van der Waals surface area contributed by atoms with Crippen LogP contribution in [0.5, 0.6) is 0 Å². The standard InChI is InChI=1S/C16H20N4O2/c1-11-10-17-7-5-13(11)19-16(21)12-4-3-9-22-15(12)14-6-8-18-20(14)2/h5-8,10,12,15H,3-4,9H2,1-2H3,(H,17,19,21)/t12-,15-/m1/s1. The summed E-state index contributed by atoms with van der Waals surface area (Å²) in [6, 6.07) is 3.73. The Morgan fingerprint density at radius 3 is 3.00 bits per heavy atom. The lowest BCUT2D eigenvalue weighted by Crippen LogP contribution is -2.34. The summed E-state index contributed by atoms with van der Waals surface area (Å²) in [6.07, 6.45) is 6.61. The summed E-state index contributed by atoms with van der Waals surface area (Å²) in [5, 5.41) is 7.18. The zero-order valence-electron chi connectivity index (χ0n) is 12.8. The zero-order valence-corrected chi connectivity index (χ0v) is 12.8. The van der Waals surface area contributed by atoms with Gasteiger partial charge in [-0.25, -0.2) is 0 Å². The molecule has 22 heavy (non-hydrogen) atoms. The van der Waals surface area contributed by atoms with E-state index in [-0.39, 0.29) is 17.9 Å². The molecule has 3 heterocycles. The van der Waals surface area contributed by atoms with Gasteiger partial charge in [0, 0.05) is 37.9 Å². The molecule has 2 aromatic heterocycles. The third-order valence-corrected chi connectivity index (χ3v) is 4.09. The van der Waals surface area contributed by atoms with Gasteiger partial charge in [-0.2, -0.15) is 5.10 Å². The van der Waals surface area contributed by atoms with E-state index < -0.39 is 0 Å². The zero-order chi connectivity index (χ0) is 15.5. The average molecular weight is 300 g/mol. The molecule has 116 valence electrons. The van der Waals surface area contributed by atoms with E-state index in [0.29, 0.717) is 6.61 Å². The second-order valence-electron chi connectivity index (χ2n) is 5.60. The molecular weight excluding hydrogens is 280 g/mol. The number of aromatic nitrogens is 3. The first-order valence-electron chi connectivity index (χ1n) is 7.48. The van der Waals surface area contributed by atoms with Crippen molar-refractivity contribution in [3.8, 4) is 0 Å². The van der Waals surface area contributed by atoms with Crippen LogP contribution in [0.2, 0.25) is 0 Å². The third-order valence-electron chi connectivity index (χ3n) is 4.09. The number of hydrogen-bond acceptors (Lipinski definition) is 4. The Morgan fingerprint density at radius 1 is 1.41 bits per heavy atom. The van der Waals surface area contributed by atoms with Crippen molar-refractivity contribution in [3.05, 3.63) is 42.0 Å². The number of aryl methyl sites for hydroxylation is 2. The molecule has 0 unspecified atom stereocenters. The van der Waals surface area contributed by atoms with Crippen LogP contribution in [0.3, 0.4) is 0 Å². The molecule has 2 atom stereocenters. The Balaban J connectivity index is 1.80. The highest BCUT2D eigenvalue weighted by molar-refractivity contribution is 5.93. The molecule has 1 amide bonds. The lowest BCUT2D eigenvalue weighted by molar-refractivity contribution is -0.129. The molecule has 0 spiro atoms. The highest BCUT2D eigenvalue weighted by atomic mass is 16.5. The van der Waals surface area contributed by atoms with Crippen LogP contribution in [0.1, 0.15) is 30.2 Å². The predicted octanol–water partition coefficient (Wildman–Crippen LogP) is 2.23. The van der Waals surface area contributed by atoms with Crippen LogP contribution in [0.4, 0.5) is 5.69 Å². The largest absolute Gasteiger partial charge is 0.371 e. The fourth-order valence-corrected chi connectivity index (χ4v) is 2.84. The molecule has 3 rings (SSSR count). The van der Waals surface area contributed by atoms with Crippen molar-refractivity contribution in [1.29, 1.82) is 0 Å². The van der Waals surface area contributed by atoms with E-state index in [4.69, 9.17) is 4.74 Å². The molecule has 1 N–H and O–H groups in total. The van der Waals surface area contributed by atoms with Crippen molar-refractivity contribution >= 4 is 11.6 Å². The fraction of sp³-hybridized carbons (Fsp3) is 0.438. The Hall–Kier alpha value is -2.21. The number of carbonyl (C=O) groups excluding carboxylic acids is 1. The summed E-state index contributed by atoms with van der Waals surface area (Å²) in [7, 11) is 1.87. The third kappa shape index (κ3) is 2.87. The first-order chi connectivity index (χ1) is 10.7. The maximum absolute atomic E-state index is 12.7. The number of ether oxygens (including phenoxy) is 1. The molecule has 1 saturated heterocycles. The van der Waals surface area contributed by atoms with E-state index >= 15 is 0 Å². The van der Waals surface area contributed by atoms with Crippen molar-refractivity contribution in [2.45, 2.75) is 25.9 Å². The Morgan fingerprint density at radius 2 is 2.27 bits per heavy atom. The quantitative estimate of drug-likeness (QED) is 0.943. The molecule has 6 heteroatoms. The van der Waals surface area contributed by atoms with Crippen molar-refractivity contribution in [2.75, 3.05) is 11.9 Å². The van der Waals surface area contributed by atoms with Gasteiger partial charge in [-0.05, 0) is 37.5 Å². The average Bonchev–Trinajstić information content (AvgIpc) is 2.95. The van der Waals surface area contributed by atoms with Crippen LogP contribution in [-0.2, 0) is 16.6 Å². The van der Waals surface area contributed by atoms with Gasteiger partial charge in [0.1, 0.15) is 6.10 Å². The molecule has 6 nitrogen and oxygen atoms in total. The summed E-state index contributed by atoms with van der Waals surface area (Å²) >= 11 is 0. The number of nitrogens with zero attached hydrogens (tertiary/aromatic N) is 3. The van der Waals surface area contributed by atoms with Crippen LogP contribution in [0.15, 0.2) is 30.7 Å². The fourth-order valence-electron chi connectivity index (χ4n) is 2.84. The van der Waals surface area contributed by atoms with Crippen molar-refractivity contribution in [2.24, 2.45) is 13.0 Å². The number of amides is 1. The van der Waals surface area contributed by atoms with Crippen LogP contribution in [-0.4, -0.2) is 27.3 Å². The predicted molar refractivity (Wildman–Crippen MR) is 82.2 cm³/mol. The van der Waals surface area contributed by atoms with Gasteiger partial charge in [0.25, 0.3) is 0 Å². The Bertz CT molecular complexity index is 668. The van der Waals surface area contributed by atoms with Gasteiger partial charge >= 0.3 is 0 Å². The van der Waals surface area contributed by atoms with Crippen molar-refractivity contribution in [1.82, 2.24) is 14.8 Å². The van der Waals surface area contributed by atoms with Gasteiger partial charge in [-0.1, -0.05) is 0 Å². The Kier molecular flexibility index (Phi) is 4.20. The molecule has 2 aromatic rings. The number of rotatable bonds is 3. The first-order valence-corrected chi connectivity index (χ1v) is 7.48. The van der Waals surface area contributed by atoms with Gasteiger partial charge in [0.2, 0.25) is 5.91 Å². The second-order valence-corrected chi connectivity index (χ2v) is 5.60. The summed E-state index contributed by atoms with van der Waals surface area (Å²) in [6.45, 7) is 2.60. The van der Waals surface area contributed by atoms with Crippen molar-refractivity contribution < 1.29 is 9.53 Å². The monoisotopic (exact) mass is 300 g/mol. The smallest absolute Gasteiger partial charge is 0.230 e. The summed E-state index contributed by atoms with van der Waals surface area (Å²) in [4.78, 5) is 16.7. The van der Waals surface area contributed by atoms with Crippen LogP contribution < -0.4 is 5.32 Å². The molecule has 0 radical (unpaired) electrons. The number of hydrogen-bond donors (Lipinski definition) is 1. The minimum Gasteiger partial charge on any atom is -0.371 e. The van der Waals surface area contributed by atoms with E-state index in [9.17, 15) is 4.79 Å². The number of anilines is 1. The molecular formula is C16H20N4O2. The first kappa shape index (κ1) is 14.7. The molecule has 0 bridgehead atoms. The highest BCUT2D eigenvalue weighted by Gasteiger charge is 2.34. The summed E-state index contributed by atoms with van der Waals surface area (Å²) in [5.41, 5.74) is 2.69. The molecule has 0 saturated carbocycles. The van der Waals surface area contributed by atoms with E-state index in [1.54, 1.807) is 23.3 Å². The van der Waals surface area contributed by atoms with Gasteiger partial charge < -0.3 is 10.1 Å². The normalized spacial score (nSPS) is 21.5. The highest BCUT2D eigenvalue weighted by Crippen LogP contribution is 2.34. The molecule has 0 aromatic carbocycles. The summed E-state index contributed by atoms with van der Waals surface area (Å²) in [5.74, 6) is -0.225. The van der Waals surface area contributed by atoms with Crippen LogP contribution >= 0.6 is 0 Å². The lowest BCUT2D eigenvalue weighted by Gasteiger charge is -2.31. The molecule has 0 aliphatic carbocycles. The van der Waals surface area contributed by atoms with E-state index in [1.165, 1.54) is 0 Å². The van der Waals surface area contributed by atoms with Crippen LogP contribution in [0.25, 0.3) is 0 Å². The minimum atomic E-state index is -0.247. The van der Waals surface area contributed by atoms with Gasteiger partial charge in [-0.3, -0.25) is 14.5 Å². The SMILES string of the molecule is Cc1cnccc1NC(=O)[C@@H]1CCCO[C@H]1c1ccnn1C. The number of carbonyl (C=O) groups is 1. The van der Waals surface area contributed by atoms with Crippen molar-refractivity contribution in [3.63, 3.8) is 0 Å². The number of pyridine rings is 1. The number of nitrogens with one attached hydrogen (secondary N) is 1.